The number of alkyl halides is 3. The second-order valence-electron chi connectivity index (χ2n) is 5.31. The molecule has 0 unspecified atom stereocenters. The van der Waals surface area contributed by atoms with Crippen LogP contribution in [0.25, 0.3) is 0 Å². The standard InChI is InChI=1S/C19H15F3N2O2S/c20-19(21,22)14-7-3-5-13(11-14)6-4-10-24-18(26)15-8-1-2-9-16(15)27-12-17(23)25/h1-3,5,7-9,11H,10,12H2,(H2,23,25)(H,24,26). The fourth-order valence-electron chi connectivity index (χ4n) is 2.07. The van der Waals surface area contributed by atoms with Crippen molar-refractivity contribution in [1.29, 1.82) is 0 Å². The minimum Gasteiger partial charge on any atom is -0.369 e. The summed E-state index contributed by atoms with van der Waals surface area (Å²) in [5.41, 5.74) is 4.90. The minimum atomic E-state index is -4.43. The molecule has 2 amide bonds. The average Bonchev–Trinajstić information content (AvgIpc) is 2.63. The Morgan fingerprint density at radius 1 is 1.11 bits per heavy atom. The van der Waals surface area contributed by atoms with Crippen LogP contribution in [-0.2, 0) is 11.0 Å². The van der Waals surface area contributed by atoms with Crippen molar-refractivity contribution >= 4 is 23.6 Å². The van der Waals surface area contributed by atoms with E-state index in [2.05, 4.69) is 17.2 Å². The first-order valence-electron chi connectivity index (χ1n) is 7.72. The Hall–Kier alpha value is -2.92. The van der Waals surface area contributed by atoms with E-state index in [4.69, 9.17) is 5.73 Å². The molecule has 8 heteroatoms. The molecular weight excluding hydrogens is 377 g/mol. The van der Waals surface area contributed by atoms with Crippen LogP contribution in [0.4, 0.5) is 13.2 Å². The molecule has 0 aliphatic rings. The average molecular weight is 392 g/mol. The van der Waals surface area contributed by atoms with Crippen molar-refractivity contribution in [3.8, 4) is 11.8 Å². The number of amides is 2. The van der Waals surface area contributed by atoms with E-state index in [1.165, 1.54) is 12.1 Å². The van der Waals surface area contributed by atoms with E-state index in [1.54, 1.807) is 24.3 Å². The molecule has 0 bridgehead atoms. The summed E-state index contributed by atoms with van der Waals surface area (Å²) in [4.78, 5) is 23.7. The molecule has 0 aliphatic heterocycles. The predicted octanol–water partition coefficient (Wildman–Crippen LogP) is 3.06. The Labute approximate surface area is 158 Å². The van der Waals surface area contributed by atoms with Gasteiger partial charge in [-0.25, -0.2) is 0 Å². The van der Waals surface area contributed by atoms with Gasteiger partial charge in [0.05, 0.1) is 23.4 Å². The monoisotopic (exact) mass is 392 g/mol. The number of carbonyl (C=O) groups is 2. The summed E-state index contributed by atoms with van der Waals surface area (Å²) >= 11 is 1.15. The summed E-state index contributed by atoms with van der Waals surface area (Å²) in [6, 6.07) is 11.3. The van der Waals surface area contributed by atoms with Crippen LogP contribution in [-0.4, -0.2) is 24.1 Å². The second kappa shape index (κ2) is 9.14. The van der Waals surface area contributed by atoms with Crippen molar-refractivity contribution in [2.24, 2.45) is 5.73 Å². The van der Waals surface area contributed by atoms with Crippen LogP contribution < -0.4 is 11.1 Å². The van der Waals surface area contributed by atoms with Crippen LogP contribution in [0.2, 0.25) is 0 Å². The number of primary amides is 1. The Morgan fingerprint density at radius 3 is 2.56 bits per heavy atom. The van der Waals surface area contributed by atoms with Crippen LogP contribution >= 0.6 is 11.8 Å². The van der Waals surface area contributed by atoms with Crippen molar-refractivity contribution in [2.75, 3.05) is 12.3 Å². The normalized spacial score (nSPS) is 10.6. The summed E-state index contributed by atoms with van der Waals surface area (Å²) in [5.74, 6) is 4.35. The molecule has 0 radical (unpaired) electrons. The first kappa shape index (κ1) is 20.4. The van der Waals surface area contributed by atoms with Gasteiger partial charge in [-0.05, 0) is 30.3 Å². The number of hydrogen-bond donors (Lipinski definition) is 2. The highest BCUT2D eigenvalue weighted by molar-refractivity contribution is 8.00. The molecule has 2 aromatic carbocycles. The van der Waals surface area contributed by atoms with Gasteiger partial charge in [-0.2, -0.15) is 13.2 Å². The van der Waals surface area contributed by atoms with Gasteiger partial charge in [0.15, 0.2) is 0 Å². The third kappa shape index (κ3) is 6.38. The number of benzene rings is 2. The fraction of sp³-hybridized carbons (Fsp3) is 0.158. The lowest BCUT2D eigenvalue weighted by atomic mass is 10.1. The number of nitrogens with two attached hydrogens (primary N) is 1. The zero-order valence-corrected chi connectivity index (χ0v) is 14.8. The SMILES string of the molecule is NC(=O)CSc1ccccc1C(=O)NCC#Cc1cccc(C(F)(F)F)c1. The third-order valence-electron chi connectivity index (χ3n) is 3.26. The van der Waals surface area contributed by atoms with Crippen molar-refractivity contribution in [3.63, 3.8) is 0 Å². The first-order chi connectivity index (χ1) is 12.8. The number of hydrogen-bond acceptors (Lipinski definition) is 3. The summed E-state index contributed by atoms with van der Waals surface area (Å²) < 4.78 is 38.0. The largest absolute Gasteiger partial charge is 0.416 e. The van der Waals surface area contributed by atoms with Crippen molar-refractivity contribution in [1.82, 2.24) is 5.32 Å². The van der Waals surface area contributed by atoms with E-state index in [0.717, 1.165) is 23.9 Å². The Bertz CT molecular complexity index is 902. The van der Waals surface area contributed by atoms with Gasteiger partial charge < -0.3 is 11.1 Å². The van der Waals surface area contributed by atoms with Gasteiger partial charge in [0.25, 0.3) is 5.91 Å². The van der Waals surface area contributed by atoms with E-state index in [9.17, 15) is 22.8 Å². The van der Waals surface area contributed by atoms with Crippen LogP contribution in [0.5, 0.6) is 0 Å². The first-order valence-corrected chi connectivity index (χ1v) is 8.70. The summed E-state index contributed by atoms with van der Waals surface area (Å²) in [6.07, 6.45) is -4.43. The lowest BCUT2D eigenvalue weighted by Gasteiger charge is -2.07. The van der Waals surface area contributed by atoms with Crippen LogP contribution in [0, 0.1) is 11.8 Å². The van der Waals surface area contributed by atoms with Gasteiger partial charge in [0, 0.05) is 10.5 Å². The molecule has 2 rings (SSSR count). The van der Waals surface area contributed by atoms with Crippen LogP contribution in [0.15, 0.2) is 53.4 Å². The van der Waals surface area contributed by atoms with Gasteiger partial charge >= 0.3 is 6.18 Å². The highest BCUT2D eigenvalue weighted by atomic mass is 32.2. The fourth-order valence-corrected chi connectivity index (χ4v) is 2.86. The molecule has 0 aromatic heterocycles. The maximum Gasteiger partial charge on any atom is 0.416 e. The van der Waals surface area contributed by atoms with E-state index in [1.807, 2.05) is 0 Å². The molecule has 0 saturated carbocycles. The van der Waals surface area contributed by atoms with Gasteiger partial charge in [-0.3, -0.25) is 9.59 Å². The van der Waals surface area contributed by atoms with Gasteiger partial charge in [0.1, 0.15) is 0 Å². The molecular formula is C19H15F3N2O2S. The number of carbonyl (C=O) groups excluding carboxylic acids is 2. The molecule has 0 fully saturated rings. The molecule has 140 valence electrons. The van der Waals surface area contributed by atoms with Gasteiger partial charge in [-0.15, -0.1) is 11.8 Å². The summed E-state index contributed by atoms with van der Waals surface area (Å²) in [7, 11) is 0. The third-order valence-corrected chi connectivity index (χ3v) is 4.36. The van der Waals surface area contributed by atoms with E-state index >= 15 is 0 Å². The molecule has 3 N–H and O–H groups in total. The number of halogens is 3. The minimum absolute atomic E-state index is 0.0378. The zero-order valence-electron chi connectivity index (χ0n) is 14.0. The van der Waals surface area contributed by atoms with Gasteiger partial charge in [-0.1, -0.05) is 30.0 Å². The molecule has 0 saturated heterocycles. The topological polar surface area (TPSA) is 72.2 Å². The number of thioether (sulfide) groups is 1. The molecule has 2 aromatic rings. The van der Waals surface area contributed by atoms with Crippen molar-refractivity contribution < 1.29 is 22.8 Å². The summed E-state index contributed by atoms with van der Waals surface area (Å²) in [6.45, 7) is -0.0378. The second-order valence-corrected chi connectivity index (χ2v) is 6.33. The Morgan fingerprint density at radius 2 is 1.85 bits per heavy atom. The Kier molecular flexibility index (Phi) is 6.91. The molecule has 0 spiro atoms. The smallest absolute Gasteiger partial charge is 0.369 e. The van der Waals surface area contributed by atoms with Gasteiger partial charge in [0.2, 0.25) is 5.91 Å². The molecule has 0 heterocycles. The van der Waals surface area contributed by atoms with E-state index in [-0.39, 0.29) is 17.9 Å². The molecule has 0 aliphatic carbocycles. The van der Waals surface area contributed by atoms with Crippen molar-refractivity contribution in [2.45, 2.75) is 11.1 Å². The number of rotatable bonds is 5. The van der Waals surface area contributed by atoms with E-state index < -0.39 is 23.6 Å². The quantitative estimate of drug-likeness (QED) is 0.607. The lowest BCUT2D eigenvalue weighted by molar-refractivity contribution is -0.137. The van der Waals surface area contributed by atoms with Crippen LogP contribution in [0.3, 0.4) is 0 Å². The van der Waals surface area contributed by atoms with Crippen molar-refractivity contribution in [3.05, 3.63) is 65.2 Å². The van der Waals surface area contributed by atoms with Crippen LogP contribution in [0.1, 0.15) is 21.5 Å². The Balaban J connectivity index is 2.00. The molecule has 0 atom stereocenters. The predicted molar refractivity (Wildman–Crippen MR) is 97.0 cm³/mol. The maximum atomic E-state index is 12.7. The number of nitrogens with one attached hydrogen (secondary N) is 1. The zero-order chi connectivity index (χ0) is 19.9. The lowest BCUT2D eigenvalue weighted by Crippen LogP contribution is -2.24. The highest BCUT2D eigenvalue weighted by Crippen LogP contribution is 2.29. The molecule has 27 heavy (non-hydrogen) atoms. The highest BCUT2D eigenvalue weighted by Gasteiger charge is 2.30. The molecule has 4 nitrogen and oxygen atoms in total. The summed E-state index contributed by atoms with van der Waals surface area (Å²) in [5, 5.41) is 2.58. The maximum absolute atomic E-state index is 12.7. The van der Waals surface area contributed by atoms with E-state index in [0.29, 0.717) is 10.5 Å².